The number of ether oxygens (including phenoxy) is 1. The van der Waals surface area contributed by atoms with Crippen molar-refractivity contribution < 1.29 is 9.53 Å². The lowest BCUT2D eigenvalue weighted by atomic mass is 10.1. The van der Waals surface area contributed by atoms with E-state index in [9.17, 15) is 4.79 Å². The molecule has 0 saturated heterocycles. The molecule has 1 aliphatic rings. The molecule has 4 heteroatoms. The molecular weight excluding hydrogens is 199 g/mol. The van der Waals surface area contributed by atoms with Crippen molar-refractivity contribution in [2.45, 2.75) is 20.3 Å². The van der Waals surface area contributed by atoms with Gasteiger partial charge in [-0.1, -0.05) is 37.0 Å². The van der Waals surface area contributed by atoms with E-state index in [0.29, 0.717) is 0 Å². The van der Waals surface area contributed by atoms with Gasteiger partial charge in [0.1, 0.15) is 10.8 Å². The summed E-state index contributed by atoms with van der Waals surface area (Å²) in [6, 6.07) is 0. The highest BCUT2D eigenvalue weighted by molar-refractivity contribution is 6.55. The fourth-order valence-electron chi connectivity index (χ4n) is 1.05. The Hall–Kier alpha value is -0.210. The summed E-state index contributed by atoms with van der Waals surface area (Å²) in [7, 11) is 0. The zero-order chi connectivity index (χ0) is 9.35. The molecule has 0 aliphatic heterocycles. The predicted molar refractivity (Wildman–Crippen MR) is 47.8 cm³/mol. The molecule has 1 fully saturated rings. The summed E-state index contributed by atoms with van der Waals surface area (Å²) in [6.45, 7) is 4.04. The van der Waals surface area contributed by atoms with Crippen molar-refractivity contribution >= 4 is 29.2 Å². The molecule has 1 saturated carbocycles. The molecule has 0 bridgehead atoms. The van der Waals surface area contributed by atoms with Crippen molar-refractivity contribution in [2.24, 2.45) is 11.3 Å². The van der Waals surface area contributed by atoms with Gasteiger partial charge in [-0.2, -0.15) is 0 Å². The topological polar surface area (TPSA) is 26.3 Å². The maximum atomic E-state index is 11.1. The second kappa shape index (κ2) is 3.27. The smallest absolute Gasteiger partial charge is 0.314 e. The number of carbonyl (C=O) groups is 1. The van der Waals surface area contributed by atoms with Crippen molar-refractivity contribution in [1.29, 1.82) is 0 Å². The highest BCUT2D eigenvalue weighted by Gasteiger charge is 2.51. The lowest BCUT2D eigenvalue weighted by Crippen LogP contribution is -2.06. The minimum atomic E-state index is -0.251. The molecule has 0 N–H and O–H groups in total. The van der Waals surface area contributed by atoms with Crippen LogP contribution in [0.15, 0.2) is 10.8 Å². The van der Waals surface area contributed by atoms with Gasteiger partial charge in [-0.15, -0.1) is 0 Å². The fraction of sp³-hybridized carbons (Fsp3) is 0.625. The molecule has 1 aliphatic carbocycles. The molecule has 0 amide bonds. The summed E-state index contributed by atoms with van der Waals surface area (Å²) >= 11 is 10.5. The third kappa shape index (κ3) is 2.39. The molecule has 0 unspecified atom stereocenters. The van der Waals surface area contributed by atoms with Crippen LogP contribution in [0.4, 0.5) is 0 Å². The maximum Gasteiger partial charge on any atom is 0.314 e. The Bertz CT molecular complexity index is 229. The van der Waals surface area contributed by atoms with E-state index in [4.69, 9.17) is 27.9 Å². The maximum absolute atomic E-state index is 11.1. The van der Waals surface area contributed by atoms with Crippen LogP contribution in [0.25, 0.3) is 0 Å². The van der Waals surface area contributed by atoms with Gasteiger partial charge in [0, 0.05) is 0 Å². The van der Waals surface area contributed by atoms with Crippen molar-refractivity contribution in [1.82, 2.24) is 0 Å². The van der Waals surface area contributed by atoms with Gasteiger partial charge in [0.2, 0.25) is 0 Å². The third-order valence-corrected chi connectivity index (χ3v) is 2.24. The van der Waals surface area contributed by atoms with E-state index in [1.807, 2.05) is 13.8 Å². The summed E-state index contributed by atoms with van der Waals surface area (Å²) in [4.78, 5) is 11.1. The first-order valence-electron chi connectivity index (χ1n) is 3.65. The Morgan fingerprint density at radius 2 is 2.08 bits per heavy atom. The highest BCUT2D eigenvalue weighted by atomic mass is 35.5. The Labute approximate surface area is 81.5 Å². The molecule has 68 valence electrons. The van der Waals surface area contributed by atoms with Gasteiger partial charge in [-0.3, -0.25) is 4.79 Å². The van der Waals surface area contributed by atoms with Crippen LogP contribution in [0.5, 0.6) is 0 Å². The minimum absolute atomic E-state index is 0.00133. The van der Waals surface area contributed by atoms with Gasteiger partial charge in [0.25, 0.3) is 0 Å². The molecular formula is C8H10Cl2O2. The number of hydrogen-bond donors (Lipinski definition) is 0. The summed E-state index contributed by atoms with van der Waals surface area (Å²) in [6.07, 6.45) is 1.93. The first-order valence-corrected chi connectivity index (χ1v) is 4.41. The van der Waals surface area contributed by atoms with Crippen molar-refractivity contribution in [2.75, 3.05) is 0 Å². The Balaban J connectivity index is 2.37. The van der Waals surface area contributed by atoms with E-state index in [1.165, 1.54) is 0 Å². The van der Waals surface area contributed by atoms with Crippen LogP contribution in [0, 0.1) is 11.3 Å². The van der Waals surface area contributed by atoms with Gasteiger partial charge in [0.05, 0.1) is 5.92 Å². The van der Waals surface area contributed by atoms with Gasteiger partial charge in [0.15, 0.2) is 0 Å². The van der Waals surface area contributed by atoms with E-state index in [1.54, 1.807) is 0 Å². The normalized spacial score (nSPS) is 24.5. The first-order chi connectivity index (χ1) is 5.43. The zero-order valence-corrected chi connectivity index (χ0v) is 8.45. The molecule has 0 aromatic heterocycles. The van der Waals surface area contributed by atoms with E-state index in [2.05, 4.69) is 0 Å². The average Bonchev–Trinajstić information content (AvgIpc) is 2.55. The molecule has 12 heavy (non-hydrogen) atoms. The summed E-state index contributed by atoms with van der Waals surface area (Å²) < 4.78 is 4.66. The molecule has 0 heterocycles. The van der Waals surface area contributed by atoms with Crippen LogP contribution >= 0.6 is 23.2 Å². The molecule has 0 spiro atoms. The number of hydrogen-bond acceptors (Lipinski definition) is 2. The second-order valence-corrected chi connectivity index (χ2v) is 4.60. The summed E-state index contributed by atoms with van der Waals surface area (Å²) in [5, 5.41) is 0. The van der Waals surface area contributed by atoms with Crippen molar-refractivity contribution in [3.8, 4) is 0 Å². The van der Waals surface area contributed by atoms with Crippen LogP contribution in [-0.4, -0.2) is 5.97 Å². The monoisotopic (exact) mass is 208 g/mol. The average molecular weight is 209 g/mol. The Kier molecular flexibility index (Phi) is 2.69. The zero-order valence-electron chi connectivity index (χ0n) is 6.93. The molecule has 2 nitrogen and oxygen atoms in total. The lowest BCUT2D eigenvalue weighted by molar-refractivity contribution is -0.140. The van der Waals surface area contributed by atoms with E-state index in [-0.39, 0.29) is 21.8 Å². The summed E-state index contributed by atoms with van der Waals surface area (Å²) in [5.74, 6) is -0.250. The first kappa shape index (κ1) is 9.87. The quantitative estimate of drug-likeness (QED) is 0.516. The van der Waals surface area contributed by atoms with Crippen molar-refractivity contribution in [3.63, 3.8) is 0 Å². The molecule has 1 atom stereocenters. The summed E-state index contributed by atoms with van der Waals surface area (Å²) in [5.41, 5.74) is 0.0870. The molecule has 0 aromatic rings. The lowest BCUT2D eigenvalue weighted by Gasteiger charge is -2.00. The van der Waals surface area contributed by atoms with Crippen LogP contribution in [-0.2, 0) is 9.53 Å². The van der Waals surface area contributed by atoms with E-state index >= 15 is 0 Å². The fourth-order valence-corrected chi connectivity index (χ4v) is 1.14. The highest BCUT2D eigenvalue weighted by Crippen LogP contribution is 2.52. The van der Waals surface area contributed by atoms with Gasteiger partial charge >= 0.3 is 5.97 Å². The van der Waals surface area contributed by atoms with E-state index in [0.717, 1.165) is 12.7 Å². The SMILES string of the molecule is CC1(C)C[C@H]1C(=O)OC=C(Cl)Cl. The van der Waals surface area contributed by atoms with Gasteiger partial charge in [-0.05, 0) is 11.8 Å². The van der Waals surface area contributed by atoms with Crippen LogP contribution in [0.2, 0.25) is 0 Å². The Morgan fingerprint density at radius 1 is 1.58 bits per heavy atom. The largest absolute Gasteiger partial charge is 0.432 e. The number of halogens is 2. The second-order valence-electron chi connectivity index (χ2n) is 3.59. The molecule has 0 radical (unpaired) electrons. The minimum Gasteiger partial charge on any atom is -0.432 e. The van der Waals surface area contributed by atoms with Crippen molar-refractivity contribution in [3.05, 3.63) is 10.8 Å². The van der Waals surface area contributed by atoms with Gasteiger partial charge in [-0.25, -0.2) is 0 Å². The molecule has 1 rings (SSSR count). The number of rotatable bonds is 2. The third-order valence-electron chi connectivity index (χ3n) is 2.06. The van der Waals surface area contributed by atoms with Crippen LogP contribution in [0.3, 0.4) is 0 Å². The van der Waals surface area contributed by atoms with Gasteiger partial charge < -0.3 is 4.74 Å². The molecule has 0 aromatic carbocycles. The predicted octanol–water partition coefficient (Wildman–Crippen LogP) is 2.85. The number of carbonyl (C=O) groups excluding carboxylic acids is 1. The van der Waals surface area contributed by atoms with E-state index < -0.39 is 0 Å². The van der Waals surface area contributed by atoms with Crippen LogP contribution in [0.1, 0.15) is 20.3 Å². The van der Waals surface area contributed by atoms with Crippen LogP contribution < -0.4 is 0 Å². The standard InChI is InChI=1S/C8H10Cl2O2/c1-8(2)3-5(8)7(11)12-4-6(9)10/h4-5H,3H2,1-2H3/t5-/m0/s1. The number of esters is 1. The Morgan fingerprint density at radius 3 is 2.42 bits per heavy atom.